The third kappa shape index (κ3) is 484. The minimum absolute atomic E-state index is 0. The Kier molecular flexibility index (Phi) is 25.7. The maximum atomic E-state index is 7.08. The van der Waals surface area contributed by atoms with E-state index < -0.39 is 0 Å². The molecule has 3 heteroatoms. The number of halogens is 2. The highest BCUT2D eigenvalue weighted by Gasteiger charge is 1.23. The van der Waals surface area contributed by atoms with Crippen molar-refractivity contribution >= 4 is 24.0 Å². The van der Waals surface area contributed by atoms with E-state index >= 15 is 0 Å². The molecule has 0 aliphatic rings. The quantitative estimate of drug-likeness (QED) is 0.445. The summed E-state index contributed by atoms with van der Waals surface area (Å²) in [6.45, 7) is 0. The van der Waals surface area contributed by atoms with Gasteiger partial charge in [0.05, 0.1) is 0 Å². The Bertz CT molecular complexity index is 27.5. The maximum absolute atomic E-state index is 7.08. The molecule has 0 bridgehead atoms. The van der Waals surface area contributed by atoms with E-state index in [1.54, 1.807) is 0 Å². The molecule has 0 radical (unpaired) electrons. The van der Waals surface area contributed by atoms with Crippen molar-refractivity contribution in [1.29, 1.82) is 5.26 Å². The molecule has 0 saturated carbocycles. The van der Waals surface area contributed by atoms with Gasteiger partial charge in [0.25, 0.3) is 0 Å². The summed E-state index contributed by atoms with van der Waals surface area (Å²) in [4.78, 5) is 0. The smallest absolute Gasteiger partial charge is 0.173 e. The van der Waals surface area contributed by atoms with Crippen molar-refractivity contribution in [3.63, 3.8) is 0 Å². The first-order valence-electron chi connectivity index (χ1n) is 0.413. The molecule has 4 heavy (non-hydrogen) atoms. The topological polar surface area (TPSA) is 23.8 Å². The van der Waals surface area contributed by atoms with Crippen LogP contribution >= 0.6 is 24.0 Å². The van der Waals surface area contributed by atoms with E-state index in [0.717, 1.165) is 0 Å². The first-order chi connectivity index (χ1) is 1.41. The SMILES string of the molecule is Cl.N#CCl. The van der Waals surface area contributed by atoms with Crippen LogP contribution in [0.15, 0.2) is 0 Å². The predicted molar refractivity (Wildman–Crippen MR) is 18.7 cm³/mol. The van der Waals surface area contributed by atoms with Gasteiger partial charge in [-0.25, -0.2) is 0 Å². The van der Waals surface area contributed by atoms with E-state index in [4.69, 9.17) is 5.26 Å². The Balaban J connectivity index is 0. The fourth-order valence-corrected chi connectivity index (χ4v) is 0. The normalized spacial score (nSPS) is 2.00. The predicted octanol–water partition coefficient (Wildman–Crippen LogP) is 1.13. The van der Waals surface area contributed by atoms with Crippen LogP contribution in [0, 0.1) is 10.8 Å². The molecule has 0 amide bonds. The van der Waals surface area contributed by atoms with Gasteiger partial charge in [-0.15, -0.1) is 12.4 Å². The third-order valence-electron chi connectivity index (χ3n) is 0. The number of rotatable bonds is 0. The molecular weight excluding hydrogens is 96.9 g/mol. The molecule has 0 aliphatic carbocycles. The van der Waals surface area contributed by atoms with E-state index in [2.05, 4.69) is 11.6 Å². The average molecular weight is 97.9 g/mol. The van der Waals surface area contributed by atoms with Gasteiger partial charge in [0.1, 0.15) is 0 Å². The maximum Gasteiger partial charge on any atom is 0.173 e. The molecule has 0 spiro atoms. The minimum atomic E-state index is 0. The third-order valence-corrected chi connectivity index (χ3v) is 0. The second-order valence-corrected chi connectivity index (χ2v) is 0.254. The van der Waals surface area contributed by atoms with E-state index in [-0.39, 0.29) is 12.4 Å². The molecule has 0 saturated heterocycles. The lowest BCUT2D eigenvalue weighted by Gasteiger charge is -1.10. The van der Waals surface area contributed by atoms with Gasteiger partial charge in [-0.05, 0) is 0 Å². The lowest BCUT2D eigenvalue weighted by Crippen LogP contribution is -0.952. The zero-order valence-corrected chi connectivity index (χ0v) is 3.31. The second kappa shape index (κ2) is 11.5. The molecule has 0 rings (SSSR count). The van der Waals surface area contributed by atoms with Crippen molar-refractivity contribution in [1.82, 2.24) is 0 Å². The van der Waals surface area contributed by atoms with Crippen molar-refractivity contribution in [2.45, 2.75) is 0 Å². The van der Waals surface area contributed by atoms with Gasteiger partial charge in [-0.1, -0.05) is 0 Å². The van der Waals surface area contributed by atoms with Crippen LogP contribution in [-0.4, -0.2) is 0 Å². The summed E-state index contributed by atoms with van der Waals surface area (Å²) in [7, 11) is 0. The largest absolute Gasteiger partial charge is 0.179 e. The van der Waals surface area contributed by atoms with Crippen LogP contribution < -0.4 is 0 Å². The Hall–Kier alpha value is 0.0700. The number of hydrogen-bond acceptors (Lipinski definition) is 1. The van der Waals surface area contributed by atoms with Gasteiger partial charge in [0, 0.05) is 11.6 Å². The fraction of sp³-hybridized carbons (Fsp3) is 0. The first-order valence-corrected chi connectivity index (χ1v) is 0.791. The molecule has 0 atom stereocenters. The zero-order valence-electron chi connectivity index (χ0n) is 1.73. The summed E-state index contributed by atoms with van der Waals surface area (Å²) in [5.41, 5.74) is 1.22. The van der Waals surface area contributed by atoms with Crippen molar-refractivity contribution in [2.75, 3.05) is 0 Å². The first kappa shape index (κ1) is 8.95. The summed E-state index contributed by atoms with van der Waals surface area (Å²) in [5.74, 6) is 0. The molecule has 1 nitrogen and oxygen atoms in total. The van der Waals surface area contributed by atoms with E-state index in [1.165, 1.54) is 5.53 Å². The van der Waals surface area contributed by atoms with Crippen LogP contribution in [0.3, 0.4) is 0 Å². The van der Waals surface area contributed by atoms with E-state index in [9.17, 15) is 0 Å². The summed E-state index contributed by atoms with van der Waals surface area (Å²) in [5, 5.41) is 7.08. The minimum Gasteiger partial charge on any atom is -0.179 e. The molecule has 0 heterocycles. The van der Waals surface area contributed by atoms with Gasteiger partial charge in [-0.2, -0.15) is 5.26 Å². The summed E-state index contributed by atoms with van der Waals surface area (Å²) >= 11 is 4.30. The second-order valence-electron chi connectivity index (χ2n) is 0.0845. The lowest BCUT2D eigenvalue weighted by molar-refractivity contribution is 1.57. The summed E-state index contributed by atoms with van der Waals surface area (Å²) < 4.78 is 0. The van der Waals surface area contributed by atoms with Crippen LogP contribution in [0.4, 0.5) is 0 Å². The van der Waals surface area contributed by atoms with Gasteiger partial charge in [0.15, 0.2) is 5.53 Å². The highest BCUT2D eigenvalue weighted by molar-refractivity contribution is 6.28. The molecule has 0 unspecified atom stereocenters. The van der Waals surface area contributed by atoms with E-state index in [1.807, 2.05) is 0 Å². The standard InChI is InChI=1S/CClN.ClH/c2-1-3;/h;1H. The lowest BCUT2D eigenvalue weighted by atomic mass is 11.8. The molecule has 0 N–H and O–H groups in total. The van der Waals surface area contributed by atoms with Crippen molar-refractivity contribution in [2.24, 2.45) is 0 Å². The van der Waals surface area contributed by atoms with Gasteiger partial charge in [-0.3, -0.25) is 0 Å². The monoisotopic (exact) mass is 96.9 g/mol. The Morgan fingerprint density at radius 1 is 1.75 bits per heavy atom. The number of nitriles is 1. The van der Waals surface area contributed by atoms with Crippen LogP contribution in [0.1, 0.15) is 0 Å². The highest BCUT2D eigenvalue weighted by Crippen LogP contribution is 1.49. The van der Waals surface area contributed by atoms with Crippen LogP contribution in [0.5, 0.6) is 0 Å². The van der Waals surface area contributed by atoms with Crippen molar-refractivity contribution in [3.05, 3.63) is 0 Å². The van der Waals surface area contributed by atoms with Crippen LogP contribution in [0.2, 0.25) is 0 Å². The van der Waals surface area contributed by atoms with Crippen LogP contribution in [0.25, 0.3) is 0 Å². The molecule has 0 aromatic heterocycles. The Morgan fingerprint density at radius 3 is 1.75 bits per heavy atom. The molecule has 0 fully saturated rings. The molecular formula is CHCl2N. The van der Waals surface area contributed by atoms with Gasteiger partial charge < -0.3 is 0 Å². The zero-order chi connectivity index (χ0) is 2.71. The van der Waals surface area contributed by atoms with Gasteiger partial charge >= 0.3 is 0 Å². The van der Waals surface area contributed by atoms with Crippen molar-refractivity contribution in [3.8, 4) is 5.53 Å². The van der Waals surface area contributed by atoms with Crippen molar-refractivity contribution < 1.29 is 0 Å². The Morgan fingerprint density at radius 2 is 1.75 bits per heavy atom. The number of hydrogen-bond donors (Lipinski definition) is 0. The summed E-state index contributed by atoms with van der Waals surface area (Å²) in [6, 6.07) is 0. The van der Waals surface area contributed by atoms with E-state index in [0.29, 0.717) is 0 Å². The summed E-state index contributed by atoms with van der Waals surface area (Å²) in [6.07, 6.45) is 0. The number of nitrogens with zero attached hydrogens (tertiary/aromatic N) is 1. The van der Waals surface area contributed by atoms with Gasteiger partial charge in [0.2, 0.25) is 0 Å². The molecule has 24 valence electrons. The molecule has 0 aromatic rings. The molecule has 0 aromatic carbocycles. The Labute approximate surface area is 35.6 Å². The molecule has 0 aliphatic heterocycles. The average Bonchev–Trinajstić information content (AvgIpc) is 0.918. The van der Waals surface area contributed by atoms with Crippen LogP contribution in [-0.2, 0) is 0 Å². The highest BCUT2D eigenvalue weighted by atomic mass is 35.5. The fourth-order valence-electron chi connectivity index (χ4n) is 0.